The molecule has 21 heavy (non-hydrogen) atoms. The van der Waals surface area contributed by atoms with E-state index in [1.165, 1.54) is 30.4 Å². The summed E-state index contributed by atoms with van der Waals surface area (Å²) in [6, 6.07) is 6.49. The first-order valence-electron chi connectivity index (χ1n) is 8.27. The molecule has 1 aliphatic carbocycles. The van der Waals surface area contributed by atoms with Crippen molar-refractivity contribution in [2.75, 3.05) is 19.8 Å². The zero-order chi connectivity index (χ0) is 15.1. The largest absolute Gasteiger partial charge is 0.494 e. The van der Waals surface area contributed by atoms with Crippen molar-refractivity contribution in [1.82, 2.24) is 5.32 Å². The third-order valence-electron chi connectivity index (χ3n) is 4.36. The molecule has 118 valence electrons. The number of aryl methyl sites for hydroxylation is 2. The van der Waals surface area contributed by atoms with Crippen LogP contribution >= 0.6 is 0 Å². The molecule has 2 rings (SSSR count). The van der Waals surface area contributed by atoms with Gasteiger partial charge in [-0.25, -0.2) is 0 Å². The van der Waals surface area contributed by atoms with E-state index in [1.54, 1.807) is 0 Å². The highest BCUT2D eigenvalue weighted by Gasteiger charge is 2.21. The van der Waals surface area contributed by atoms with Gasteiger partial charge in [0.25, 0.3) is 0 Å². The third-order valence-corrected chi connectivity index (χ3v) is 4.36. The summed E-state index contributed by atoms with van der Waals surface area (Å²) in [4.78, 5) is 0. The number of hydrogen-bond donors (Lipinski definition) is 2. The number of benzene rings is 1. The summed E-state index contributed by atoms with van der Waals surface area (Å²) in [6.45, 7) is 6.05. The van der Waals surface area contributed by atoms with Crippen molar-refractivity contribution in [1.29, 1.82) is 0 Å². The van der Waals surface area contributed by atoms with Crippen LogP contribution in [-0.2, 0) is 12.8 Å². The van der Waals surface area contributed by atoms with Crippen LogP contribution in [0.5, 0.6) is 5.75 Å². The number of ether oxygens (including phenoxy) is 1. The summed E-state index contributed by atoms with van der Waals surface area (Å²) in [5, 5.41) is 13.0. The standard InChI is InChI=1S/C18H29NO2/c1-3-11-19-18(2,14-20)10-5-12-21-17-9-8-15-6-4-7-16(15)13-17/h8-9,13,19-20H,3-7,10-12,14H2,1-2H3. The average Bonchev–Trinajstić information content (AvgIpc) is 2.97. The second-order valence-corrected chi connectivity index (χ2v) is 6.38. The van der Waals surface area contributed by atoms with Crippen molar-refractivity contribution in [3.05, 3.63) is 29.3 Å². The Kier molecular flexibility index (Phi) is 6.07. The van der Waals surface area contributed by atoms with Crippen LogP contribution in [0.3, 0.4) is 0 Å². The summed E-state index contributed by atoms with van der Waals surface area (Å²) in [5.41, 5.74) is 2.76. The van der Waals surface area contributed by atoms with Gasteiger partial charge in [-0.2, -0.15) is 0 Å². The van der Waals surface area contributed by atoms with Crippen LogP contribution in [0.25, 0.3) is 0 Å². The lowest BCUT2D eigenvalue weighted by atomic mass is 9.97. The molecular weight excluding hydrogens is 262 g/mol. The maximum atomic E-state index is 9.53. The Morgan fingerprint density at radius 2 is 2.10 bits per heavy atom. The third kappa shape index (κ3) is 4.72. The lowest BCUT2D eigenvalue weighted by molar-refractivity contribution is 0.156. The van der Waals surface area contributed by atoms with Gasteiger partial charge < -0.3 is 15.2 Å². The molecule has 0 saturated heterocycles. The van der Waals surface area contributed by atoms with Gasteiger partial charge >= 0.3 is 0 Å². The van der Waals surface area contributed by atoms with E-state index in [1.807, 2.05) is 0 Å². The van der Waals surface area contributed by atoms with E-state index in [4.69, 9.17) is 4.74 Å². The lowest BCUT2D eigenvalue weighted by Gasteiger charge is -2.28. The first-order chi connectivity index (χ1) is 10.2. The Labute approximate surface area is 128 Å². The van der Waals surface area contributed by atoms with Gasteiger partial charge in [-0.05, 0) is 75.3 Å². The molecule has 0 bridgehead atoms. The number of nitrogens with one attached hydrogen (secondary N) is 1. The number of rotatable bonds is 9. The molecule has 0 spiro atoms. The average molecular weight is 291 g/mol. The SMILES string of the molecule is CCCNC(C)(CO)CCCOc1ccc2c(c1)CCC2. The highest BCUT2D eigenvalue weighted by Crippen LogP contribution is 2.26. The van der Waals surface area contributed by atoms with Gasteiger partial charge in [-0.15, -0.1) is 0 Å². The van der Waals surface area contributed by atoms with Gasteiger partial charge in [-0.1, -0.05) is 13.0 Å². The smallest absolute Gasteiger partial charge is 0.119 e. The second kappa shape index (κ2) is 7.81. The molecular formula is C18H29NO2. The minimum atomic E-state index is -0.183. The molecule has 1 aliphatic rings. The Morgan fingerprint density at radius 3 is 2.86 bits per heavy atom. The van der Waals surface area contributed by atoms with E-state index in [-0.39, 0.29) is 12.1 Å². The Balaban J connectivity index is 1.74. The zero-order valence-electron chi connectivity index (χ0n) is 13.5. The monoisotopic (exact) mass is 291 g/mol. The highest BCUT2D eigenvalue weighted by molar-refractivity contribution is 5.38. The Bertz CT molecular complexity index is 447. The maximum absolute atomic E-state index is 9.53. The van der Waals surface area contributed by atoms with Crippen LogP contribution in [0, 0.1) is 0 Å². The van der Waals surface area contributed by atoms with Gasteiger partial charge in [0.15, 0.2) is 0 Å². The van der Waals surface area contributed by atoms with E-state index in [9.17, 15) is 5.11 Å². The predicted molar refractivity (Wildman–Crippen MR) is 87.0 cm³/mol. The molecule has 1 unspecified atom stereocenters. The number of aliphatic hydroxyl groups excluding tert-OH is 1. The molecule has 0 amide bonds. The van der Waals surface area contributed by atoms with Crippen LogP contribution in [0.2, 0.25) is 0 Å². The molecule has 0 heterocycles. The zero-order valence-corrected chi connectivity index (χ0v) is 13.5. The fraction of sp³-hybridized carbons (Fsp3) is 0.667. The normalized spacial score (nSPS) is 16.5. The number of aliphatic hydroxyl groups is 1. The summed E-state index contributed by atoms with van der Waals surface area (Å²) >= 11 is 0. The summed E-state index contributed by atoms with van der Waals surface area (Å²) in [5.74, 6) is 0.989. The molecule has 0 aliphatic heterocycles. The van der Waals surface area contributed by atoms with Gasteiger partial charge in [0.1, 0.15) is 5.75 Å². The quantitative estimate of drug-likeness (QED) is 0.687. The molecule has 1 atom stereocenters. The topological polar surface area (TPSA) is 41.5 Å². The fourth-order valence-corrected chi connectivity index (χ4v) is 2.94. The van der Waals surface area contributed by atoms with Crippen molar-refractivity contribution in [3.8, 4) is 5.75 Å². The molecule has 0 saturated carbocycles. The van der Waals surface area contributed by atoms with Gasteiger partial charge in [0, 0.05) is 5.54 Å². The highest BCUT2D eigenvalue weighted by atomic mass is 16.5. The van der Waals surface area contributed by atoms with Crippen LogP contribution in [-0.4, -0.2) is 30.4 Å². The predicted octanol–water partition coefficient (Wildman–Crippen LogP) is 3.08. The van der Waals surface area contributed by atoms with Crippen LogP contribution in [0.4, 0.5) is 0 Å². The molecule has 3 heteroatoms. The number of fused-ring (bicyclic) bond motifs is 1. The van der Waals surface area contributed by atoms with Gasteiger partial charge in [0.05, 0.1) is 13.2 Å². The molecule has 2 N–H and O–H groups in total. The van der Waals surface area contributed by atoms with E-state index in [0.29, 0.717) is 6.61 Å². The molecule has 1 aromatic carbocycles. The Morgan fingerprint density at radius 1 is 1.29 bits per heavy atom. The summed E-state index contributed by atoms with van der Waals surface area (Å²) < 4.78 is 5.87. The molecule has 0 fully saturated rings. The van der Waals surface area contributed by atoms with Crippen LogP contribution in [0.1, 0.15) is 50.7 Å². The molecule has 0 radical (unpaired) electrons. The first kappa shape index (κ1) is 16.3. The van der Waals surface area contributed by atoms with Crippen molar-refractivity contribution in [2.45, 2.75) is 57.9 Å². The van der Waals surface area contributed by atoms with E-state index in [0.717, 1.165) is 31.6 Å². The molecule has 3 nitrogen and oxygen atoms in total. The van der Waals surface area contributed by atoms with Gasteiger partial charge in [-0.3, -0.25) is 0 Å². The maximum Gasteiger partial charge on any atom is 0.119 e. The van der Waals surface area contributed by atoms with Crippen LogP contribution < -0.4 is 10.1 Å². The molecule has 0 aromatic heterocycles. The number of hydrogen-bond acceptors (Lipinski definition) is 3. The Hall–Kier alpha value is -1.06. The van der Waals surface area contributed by atoms with E-state index >= 15 is 0 Å². The van der Waals surface area contributed by atoms with Crippen molar-refractivity contribution in [2.24, 2.45) is 0 Å². The summed E-state index contributed by atoms with van der Waals surface area (Å²) in [7, 11) is 0. The summed E-state index contributed by atoms with van der Waals surface area (Å²) in [6.07, 6.45) is 6.64. The van der Waals surface area contributed by atoms with Crippen molar-refractivity contribution < 1.29 is 9.84 Å². The minimum absolute atomic E-state index is 0.172. The lowest BCUT2D eigenvalue weighted by Crippen LogP contribution is -2.46. The first-order valence-corrected chi connectivity index (χ1v) is 8.27. The van der Waals surface area contributed by atoms with Gasteiger partial charge in [0.2, 0.25) is 0 Å². The van der Waals surface area contributed by atoms with Crippen molar-refractivity contribution in [3.63, 3.8) is 0 Å². The van der Waals surface area contributed by atoms with Crippen LogP contribution in [0.15, 0.2) is 18.2 Å². The molecule has 1 aromatic rings. The van der Waals surface area contributed by atoms with E-state index in [2.05, 4.69) is 37.4 Å². The minimum Gasteiger partial charge on any atom is -0.494 e. The van der Waals surface area contributed by atoms with Crippen molar-refractivity contribution >= 4 is 0 Å². The fourth-order valence-electron chi connectivity index (χ4n) is 2.94. The van der Waals surface area contributed by atoms with E-state index < -0.39 is 0 Å². The second-order valence-electron chi connectivity index (χ2n) is 6.38.